The van der Waals surface area contributed by atoms with Crippen LogP contribution in [0.1, 0.15) is 39.5 Å². The van der Waals surface area contributed by atoms with Crippen molar-refractivity contribution < 1.29 is 4.79 Å². The maximum atomic E-state index is 12.1. The van der Waals surface area contributed by atoms with Crippen LogP contribution >= 0.6 is 0 Å². The zero-order chi connectivity index (χ0) is 13.0. The van der Waals surface area contributed by atoms with E-state index in [0.29, 0.717) is 24.5 Å². The third-order valence-corrected chi connectivity index (χ3v) is 4.44. The summed E-state index contributed by atoms with van der Waals surface area (Å²) in [7, 11) is 0. The van der Waals surface area contributed by atoms with Crippen LogP contribution in [0.5, 0.6) is 0 Å². The Morgan fingerprint density at radius 2 is 2.11 bits per heavy atom. The summed E-state index contributed by atoms with van der Waals surface area (Å²) < 4.78 is 0. The molecule has 1 amide bonds. The lowest BCUT2D eigenvalue weighted by atomic mass is 9.86. The summed E-state index contributed by atoms with van der Waals surface area (Å²) in [4.78, 5) is 14.4. The van der Waals surface area contributed by atoms with Gasteiger partial charge in [0, 0.05) is 31.7 Å². The van der Waals surface area contributed by atoms with E-state index in [1.54, 1.807) is 0 Å². The predicted molar refractivity (Wildman–Crippen MR) is 73.5 cm³/mol. The fourth-order valence-electron chi connectivity index (χ4n) is 3.09. The van der Waals surface area contributed by atoms with Crippen molar-refractivity contribution in [1.82, 2.24) is 15.5 Å². The van der Waals surface area contributed by atoms with E-state index in [1.807, 2.05) is 0 Å². The Bertz CT molecular complexity index is 256. The van der Waals surface area contributed by atoms with Crippen molar-refractivity contribution in [2.75, 3.05) is 26.2 Å². The molecule has 0 aromatic rings. The Balaban J connectivity index is 1.77. The number of hydrogen-bond donors (Lipinski definition) is 2. The van der Waals surface area contributed by atoms with Gasteiger partial charge < -0.3 is 10.6 Å². The fourth-order valence-corrected chi connectivity index (χ4v) is 3.09. The standard InChI is InChI=1S/C14H27N3O/c1-11-5-3-4-6-13(11)16-14(18)10-17-8-7-15-9-12(17)2/h11-13,15H,3-10H2,1-2H3,(H,16,18)/t11?,12-,13?/m0/s1. The highest BCUT2D eigenvalue weighted by Gasteiger charge is 2.25. The smallest absolute Gasteiger partial charge is 0.234 e. The molecule has 0 spiro atoms. The van der Waals surface area contributed by atoms with Crippen molar-refractivity contribution in [3.63, 3.8) is 0 Å². The first kappa shape index (κ1) is 13.8. The highest BCUT2D eigenvalue weighted by atomic mass is 16.2. The molecule has 2 N–H and O–H groups in total. The number of nitrogens with zero attached hydrogens (tertiary/aromatic N) is 1. The Morgan fingerprint density at radius 1 is 1.33 bits per heavy atom. The fraction of sp³-hybridized carbons (Fsp3) is 0.929. The van der Waals surface area contributed by atoms with Gasteiger partial charge in [0.05, 0.1) is 6.54 Å². The number of nitrogens with one attached hydrogen (secondary N) is 2. The number of piperazine rings is 1. The zero-order valence-electron chi connectivity index (χ0n) is 11.7. The molecule has 2 rings (SSSR count). The van der Waals surface area contributed by atoms with E-state index in [4.69, 9.17) is 0 Å². The van der Waals surface area contributed by atoms with Gasteiger partial charge in [0.1, 0.15) is 0 Å². The minimum atomic E-state index is 0.211. The molecule has 1 saturated carbocycles. The molecule has 4 heteroatoms. The molecule has 2 unspecified atom stereocenters. The maximum absolute atomic E-state index is 12.1. The van der Waals surface area contributed by atoms with Gasteiger partial charge in [-0.25, -0.2) is 0 Å². The highest BCUT2D eigenvalue weighted by molar-refractivity contribution is 5.78. The molecule has 104 valence electrons. The van der Waals surface area contributed by atoms with E-state index in [1.165, 1.54) is 19.3 Å². The quantitative estimate of drug-likeness (QED) is 0.788. The lowest BCUT2D eigenvalue weighted by Gasteiger charge is -2.35. The van der Waals surface area contributed by atoms with Gasteiger partial charge in [0.25, 0.3) is 0 Å². The Hall–Kier alpha value is -0.610. The average molecular weight is 253 g/mol. The molecule has 2 aliphatic rings. The second kappa shape index (κ2) is 6.53. The predicted octanol–water partition coefficient (Wildman–Crippen LogP) is 0.975. The number of carbonyl (C=O) groups excluding carboxylic acids is 1. The maximum Gasteiger partial charge on any atom is 0.234 e. The molecule has 2 fully saturated rings. The van der Waals surface area contributed by atoms with Crippen molar-refractivity contribution in [3.8, 4) is 0 Å². The molecule has 18 heavy (non-hydrogen) atoms. The van der Waals surface area contributed by atoms with Crippen LogP contribution in [-0.2, 0) is 4.79 Å². The molecule has 4 nitrogen and oxygen atoms in total. The van der Waals surface area contributed by atoms with E-state index in [2.05, 4.69) is 29.4 Å². The molecule has 0 radical (unpaired) electrons. The van der Waals surface area contributed by atoms with Gasteiger partial charge in [-0.1, -0.05) is 19.8 Å². The van der Waals surface area contributed by atoms with Gasteiger partial charge in [-0.15, -0.1) is 0 Å². The van der Waals surface area contributed by atoms with E-state index < -0.39 is 0 Å². The van der Waals surface area contributed by atoms with Crippen LogP contribution in [0.4, 0.5) is 0 Å². The summed E-state index contributed by atoms with van der Waals surface area (Å²) in [5.74, 6) is 0.852. The summed E-state index contributed by atoms with van der Waals surface area (Å²) >= 11 is 0. The van der Waals surface area contributed by atoms with Gasteiger partial charge in [0.2, 0.25) is 5.91 Å². The molecule has 1 aliphatic carbocycles. The van der Waals surface area contributed by atoms with Gasteiger partial charge in [-0.3, -0.25) is 9.69 Å². The number of amides is 1. The van der Waals surface area contributed by atoms with Crippen LogP contribution in [0.15, 0.2) is 0 Å². The van der Waals surface area contributed by atoms with Gasteiger partial charge in [-0.2, -0.15) is 0 Å². The third kappa shape index (κ3) is 3.69. The topological polar surface area (TPSA) is 44.4 Å². The number of rotatable bonds is 3. The van der Waals surface area contributed by atoms with Gasteiger partial charge in [-0.05, 0) is 25.7 Å². The minimum absolute atomic E-state index is 0.211. The molecule has 1 saturated heterocycles. The number of carbonyl (C=O) groups is 1. The second-order valence-electron chi connectivity index (χ2n) is 5.96. The first-order valence-electron chi connectivity index (χ1n) is 7.41. The highest BCUT2D eigenvalue weighted by Crippen LogP contribution is 2.23. The van der Waals surface area contributed by atoms with Crippen molar-refractivity contribution >= 4 is 5.91 Å². The number of hydrogen-bond acceptors (Lipinski definition) is 3. The molecule has 0 aromatic carbocycles. The average Bonchev–Trinajstić information content (AvgIpc) is 2.35. The first-order chi connectivity index (χ1) is 8.66. The third-order valence-electron chi connectivity index (χ3n) is 4.44. The van der Waals surface area contributed by atoms with Crippen molar-refractivity contribution in [3.05, 3.63) is 0 Å². The SMILES string of the molecule is CC1CCCCC1NC(=O)CN1CCNC[C@@H]1C. The summed E-state index contributed by atoms with van der Waals surface area (Å²) in [6.07, 6.45) is 5.00. The Labute approximate surface area is 110 Å². The van der Waals surface area contributed by atoms with E-state index in [0.717, 1.165) is 26.1 Å². The van der Waals surface area contributed by atoms with Crippen LogP contribution in [-0.4, -0.2) is 49.1 Å². The van der Waals surface area contributed by atoms with Crippen molar-refractivity contribution in [2.24, 2.45) is 5.92 Å². The largest absolute Gasteiger partial charge is 0.352 e. The lowest BCUT2D eigenvalue weighted by Crippen LogP contribution is -2.54. The lowest BCUT2D eigenvalue weighted by molar-refractivity contribution is -0.124. The minimum Gasteiger partial charge on any atom is -0.352 e. The molecule has 3 atom stereocenters. The van der Waals surface area contributed by atoms with E-state index in [-0.39, 0.29) is 5.91 Å². The molecule has 1 aliphatic heterocycles. The van der Waals surface area contributed by atoms with E-state index in [9.17, 15) is 4.79 Å². The first-order valence-corrected chi connectivity index (χ1v) is 7.41. The summed E-state index contributed by atoms with van der Waals surface area (Å²) in [6, 6.07) is 0.873. The molecule has 1 heterocycles. The van der Waals surface area contributed by atoms with Crippen molar-refractivity contribution in [1.29, 1.82) is 0 Å². The molecule has 0 aromatic heterocycles. The van der Waals surface area contributed by atoms with E-state index >= 15 is 0 Å². The monoisotopic (exact) mass is 253 g/mol. The van der Waals surface area contributed by atoms with Crippen LogP contribution in [0.3, 0.4) is 0 Å². The summed E-state index contributed by atoms with van der Waals surface area (Å²) in [5, 5.41) is 6.59. The molecular weight excluding hydrogens is 226 g/mol. The second-order valence-corrected chi connectivity index (χ2v) is 5.96. The zero-order valence-corrected chi connectivity index (χ0v) is 11.7. The normalized spacial score (nSPS) is 34.2. The Kier molecular flexibility index (Phi) is 5.01. The van der Waals surface area contributed by atoms with Gasteiger partial charge >= 0.3 is 0 Å². The molecule has 0 bridgehead atoms. The van der Waals surface area contributed by atoms with Crippen LogP contribution in [0, 0.1) is 5.92 Å². The Morgan fingerprint density at radius 3 is 2.83 bits per heavy atom. The van der Waals surface area contributed by atoms with Crippen molar-refractivity contribution in [2.45, 2.75) is 51.6 Å². The molecular formula is C14H27N3O. The van der Waals surface area contributed by atoms with Crippen LogP contribution in [0.2, 0.25) is 0 Å². The van der Waals surface area contributed by atoms with Crippen LogP contribution in [0.25, 0.3) is 0 Å². The summed E-state index contributed by atoms with van der Waals surface area (Å²) in [5.41, 5.74) is 0. The van der Waals surface area contributed by atoms with Crippen LogP contribution < -0.4 is 10.6 Å². The summed E-state index contributed by atoms with van der Waals surface area (Å²) in [6.45, 7) is 7.98. The van der Waals surface area contributed by atoms with Gasteiger partial charge in [0.15, 0.2) is 0 Å².